The third kappa shape index (κ3) is 6.60. The molecule has 1 N–H and O–H groups in total. The van der Waals surface area contributed by atoms with Crippen molar-refractivity contribution in [3.63, 3.8) is 0 Å². The van der Waals surface area contributed by atoms with Crippen molar-refractivity contribution < 1.29 is 4.74 Å². The molecule has 0 radical (unpaired) electrons. The van der Waals surface area contributed by atoms with E-state index in [9.17, 15) is 0 Å². The zero-order valence-electron chi connectivity index (χ0n) is 16.6. The van der Waals surface area contributed by atoms with Gasteiger partial charge in [-0.3, -0.25) is 4.99 Å². The van der Waals surface area contributed by atoms with E-state index >= 15 is 0 Å². The lowest BCUT2D eigenvalue weighted by atomic mass is 9.83. The van der Waals surface area contributed by atoms with Crippen LogP contribution in [0.25, 0.3) is 0 Å². The maximum absolute atomic E-state index is 6.09. The van der Waals surface area contributed by atoms with Crippen molar-refractivity contribution in [3.8, 4) is 0 Å². The van der Waals surface area contributed by atoms with Crippen LogP contribution >= 0.6 is 35.6 Å². The number of aromatic nitrogens is 1. The van der Waals surface area contributed by atoms with Crippen LogP contribution in [0.15, 0.2) is 17.3 Å². The van der Waals surface area contributed by atoms with Gasteiger partial charge in [-0.2, -0.15) is 0 Å². The number of guanidine groups is 1. The van der Waals surface area contributed by atoms with E-state index < -0.39 is 0 Å². The fourth-order valence-corrected chi connectivity index (χ4v) is 4.04. The van der Waals surface area contributed by atoms with E-state index in [0.717, 1.165) is 43.7 Å². The van der Waals surface area contributed by atoms with E-state index in [-0.39, 0.29) is 24.0 Å². The van der Waals surface area contributed by atoms with E-state index in [2.05, 4.69) is 33.7 Å². The fraction of sp³-hybridized carbons (Fsp3) is 0.737. The second-order valence-corrected chi connectivity index (χ2v) is 7.61. The highest BCUT2D eigenvalue weighted by Gasteiger charge is 2.33. The standard InChI is InChI=1S/C19H33ClN4O.HI/c1-5-25-11-10-19(8-6-7-9-19)15-22-18(21-2)24(4)14-17-12-16(20)13-23(17)3;/h12-13H,5-11,14-15H2,1-4H3,(H,21,22);1H. The Bertz CT molecular complexity index is 570. The van der Waals surface area contributed by atoms with E-state index in [1.54, 1.807) is 0 Å². The summed E-state index contributed by atoms with van der Waals surface area (Å²) >= 11 is 6.09. The third-order valence-corrected chi connectivity index (χ3v) is 5.52. The summed E-state index contributed by atoms with van der Waals surface area (Å²) in [6.07, 6.45) is 8.26. The SMILES string of the molecule is CCOCCC1(CNC(=NC)N(C)Cc2cc(Cl)cn2C)CCCC1.I. The van der Waals surface area contributed by atoms with Crippen molar-refractivity contribution in [1.29, 1.82) is 0 Å². The smallest absolute Gasteiger partial charge is 0.193 e. The Kier molecular flexibility index (Phi) is 10.3. The molecule has 0 amide bonds. The van der Waals surface area contributed by atoms with Gasteiger partial charge in [0.05, 0.1) is 11.6 Å². The van der Waals surface area contributed by atoms with E-state index in [0.29, 0.717) is 5.41 Å². The van der Waals surface area contributed by atoms with Crippen LogP contribution in [0.1, 0.15) is 44.7 Å². The molecule has 0 atom stereocenters. The lowest BCUT2D eigenvalue weighted by Gasteiger charge is -2.32. The number of halogens is 2. The van der Waals surface area contributed by atoms with Crippen molar-refractivity contribution in [1.82, 2.24) is 14.8 Å². The van der Waals surface area contributed by atoms with Crippen molar-refractivity contribution in [2.45, 2.75) is 45.6 Å². The largest absolute Gasteiger partial charge is 0.382 e. The normalized spacial score (nSPS) is 16.4. The molecule has 1 heterocycles. The van der Waals surface area contributed by atoms with Crippen molar-refractivity contribution in [2.24, 2.45) is 17.5 Å². The van der Waals surface area contributed by atoms with Gasteiger partial charge in [-0.15, -0.1) is 24.0 Å². The van der Waals surface area contributed by atoms with Crippen molar-refractivity contribution >= 4 is 41.5 Å². The van der Waals surface area contributed by atoms with Gasteiger partial charge in [-0.25, -0.2) is 0 Å². The molecule has 1 aliphatic rings. The Labute approximate surface area is 180 Å². The summed E-state index contributed by atoms with van der Waals surface area (Å²) in [5.74, 6) is 0.931. The molecule has 1 fully saturated rings. The maximum atomic E-state index is 6.09. The van der Waals surface area contributed by atoms with Crippen LogP contribution in [-0.4, -0.2) is 49.3 Å². The highest BCUT2D eigenvalue weighted by Crippen LogP contribution is 2.40. The molecule has 5 nitrogen and oxygen atoms in total. The Balaban J connectivity index is 0.00000338. The predicted octanol–water partition coefficient (Wildman–Crippen LogP) is 4.29. The Hall–Kier alpha value is -0.470. The molecule has 1 saturated carbocycles. The summed E-state index contributed by atoms with van der Waals surface area (Å²) < 4.78 is 7.67. The van der Waals surface area contributed by atoms with E-state index in [4.69, 9.17) is 16.3 Å². The van der Waals surface area contributed by atoms with Crippen LogP contribution in [0.3, 0.4) is 0 Å². The van der Waals surface area contributed by atoms with Crippen molar-refractivity contribution in [3.05, 3.63) is 23.0 Å². The molecule has 0 aromatic carbocycles. The molecule has 26 heavy (non-hydrogen) atoms. The van der Waals surface area contributed by atoms with Gasteiger partial charge in [0.1, 0.15) is 0 Å². The van der Waals surface area contributed by atoms with Crippen LogP contribution in [0.2, 0.25) is 5.02 Å². The molecular weight excluding hydrogens is 463 g/mol. The summed E-state index contributed by atoms with van der Waals surface area (Å²) in [5, 5.41) is 4.38. The highest BCUT2D eigenvalue weighted by atomic mass is 127. The Morgan fingerprint density at radius 1 is 1.42 bits per heavy atom. The minimum Gasteiger partial charge on any atom is -0.382 e. The number of nitrogens with one attached hydrogen (secondary N) is 1. The van der Waals surface area contributed by atoms with Crippen molar-refractivity contribution in [2.75, 3.05) is 33.9 Å². The number of aryl methyl sites for hydroxylation is 1. The summed E-state index contributed by atoms with van der Waals surface area (Å²) in [4.78, 5) is 6.62. The second-order valence-electron chi connectivity index (χ2n) is 7.17. The summed E-state index contributed by atoms with van der Waals surface area (Å²) in [7, 11) is 5.93. The Morgan fingerprint density at radius 3 is 2.65 bits per heavy atom. The van der Waals surface area contributed by atoms with Gasteiger partial charge >= 0.3 is 0 Å². The first-order valence-electron chi connectivity index (χ1n) is 9.30. The molecule has 0 spiro atoms. The molecule has 150 valence electrons. The lowest BCUT2D eigenvalue weighted by molar-refractivity contribution is 0.104. The third-order valence-electron chi connectivity index (χ3n) is 5.31. The van der Waals surface area contributed by atoms with Crippen LogP contribution in [0, 0.1) is 5.41 Å². The van der Waals surface area contributed by atoms with E-state index in [1.807, 2.05) is 26.4 Å². The molecule has 0 unspecified atom stereocenters. The average molecular weight is 497 g/mol. The average Bonchev–Trinajstić information content (AvgIpc) is 3.15. The fourth-order valence-electron chi connectivity index (χ4n) is 3.77. The molecule has 7 heteroatoms. The van der Waals surface area contributed by atoms with Gasteiger partial charge in [0.25, 0.3) is 0 Å². The molecule has 0 saturated heterocycles. The van der Waals surface area contributed by atoms with Gasteiger partial charge < -0.3 is 19.5 Å². The Morgan fingerprint density at radius 2 is 2.12 bits per heavy atom. The summed E-state index contributed by atoms with van der Waals surface area (Å²) in [6.45, 7) is 5.45. The highest BCUT2D eigenvalue weighted by molar-refractivity contribution is 14.0. The predicted molar refractivity (Wildman–Crippen MR) is 121 cm³/mol. The first-order chi connectivity index (χ1) is 12.0. The monoisotopic (exact) mass is 496 g/mol. The number of aliphatic imine (C=N–C) groups is 1. The van der Waals surface area contributed by atoms with Crippen LogP contribution in [0.4, 0.5) is 0 Å². The zero-order chi connectivity index (χ0) is 18.3. The molecule has 0 aliphatic heterocycles. The molecule has 0 bridgehead atoms. The summed E-state index contributed by atoms with van der Waals surface area (Å²) in [5.41, 5.74) is 1.52. The van der Waals surface area contributed by atoms with Crippen LogP contribution in [0.5, 0.6) is 0 Å². The number of hydrogen-bond acceptors (Lipinski definition) is 2. The van der Waals surface area contributed by atoms with Gasteiger partial charge in [-0.1, -0.05) is 24.4 Å². The van der Waals surface area contributed by atoms with Gasteiger partial charge in [0, 0.05) is 52.8 Å². The molecule has 1 aliphatic carbocycles. The number of nitrogens with zero attached hydrogens (tertiary/aromatic N) is 3. The van der Waals surface area contributed by atoms with Crippen LogP contribution < -0.4 is 5.32 Å². The topological polar surface area (TPSA) is 41.8 Å². The number of hydrogen-bond donors (Lipinski definition) is 1. The van der Waals surface area contributed by atoms with Gasteiger partial charge in [0.15, 0.2) is 5.96 Å². The quantitative estimate of drug-likeness (QED) is 0.253. The zero-order valence-corrected chi connectivity index (χ0v) is 19.6. The molecule has 1 aromatic rings. The first kappa shape index (κ1) is 23.6. The van der Waals surface area contributed by atoms with Gasteiger partial charge in [0.2, 0.25) is 0 Å². The summed E-state index contributed by atoms with van der Waals surface area (Å²) in [6, 6.07) is 2.01. The molecule has 2 rings (SSSR count). The molecular formula is C19H34ClIN4O. The minimum atomic E-state index is 0. The number of rotatable bonds is 8. The van der Waals surface area contributed by atoms with E-state index in [1.165, 1.54) is 31.4 Å². The van der Waals surface area contributed by atoms with Gasteiger partial charge in [-0.05, 0) is 37.7 Å². The van der Waals surface area contributed by atoms with Crippen LogP contribution in [-0.2, 0) is 18.3 Å². The minimum absolute atomic E-state index is 0. The maximum Gasteiger partial charge on any atom is 0.193 e. The second kappa shape index (κ2) is 11.4. The molecule has 1 aromatic heterocycles. The number of ether oxygens (including phenoxy) is 1. The first-order valence-corrected chi connectivity index (χ1v) is 9.68. The lowest BCUT2D eigenvalue weighted by Crippen LogP contribution is -2.44.